The zero-order chi connectivity index (χ0) is 13.7. The molecular weight excluding hydrogens is 278 g/mol. The van der Waals surface area contributed by atoms with E-state index < -0.39 is 0 Å². The summed E-state index contributed by atoms with van der Waals surface area (Å²) >= 11 is 7.91. The van der Waals surface area contributed by atoms with Crippen LogP contribution in [0.4, 0.5) is 0 Å². The van der Waals surface area contributed by atoms with Crippen LogP contribution in [0.5, 0.6) is 11.5 Å². The number of halogens is 1. The van der Waals surface area contributed by atoms with Gasteiger partial charge in [-0.25, -0.2) is 0 Å². The van der Waals surface area contributed by atoms with Crippen LogP contribution in [0.2, 0.25) is 5.02 Å². The molecule has 0 unspecified atom stereocenters. The summed E-state index contributed by atoms with van der Waals surface area (Å²) in [5, 5.41) is 3.82. The summed E-state index contributed by atoms with van der Waals surface area (Å²) in [5.41, 5.74) is 0.973. The molecule has 0 aliphatic rings. The molecule has 0 aliphatic heterocycles. The van der Waals surface area contributed by atoms with Crippen LogP contribution >= 0.6 is 23.4 Å². The van der Waals surface area contributed by atoms with Gasteiger partial charge in [0.25, 0.3) is 0 Å². The molecule has 0 atom stereocenters. The molecule has 0 fully saturated rings. The van der Waals surface area contributed by atoms with Crippen molar-refractivity contribution in [2.75, 3.05) is 13.3 Å². The summed E-state index contributed by atoms with van der Waals surface area (Å²) < 4.78 is 5.91. The van der Waals surface area contributed by atoms with Gasteiger partial charge in [-0.05, 0) is 49.7 Å². The first-order valence-electron chi connectivity index (χ1n) is 5.98. The van der Waals surface area contributed by atoms with Crippen LogP contribution in [0.15, 0.2) is 47.4 Å². The Morgan fingerprint density at radius 2 is 1.89 bits per heavy atom. The molecule has 0 amide bonds. The Morgan fingerprint density at radius 1 is 1.16 bits per heavy atom. The van der Waals surface area contributed by atoms with Crippen LogP contribution in [0.3, 0.4) is 0 Å². The van der Waals surface area contributed by atoms with E-state index in [1.54, 1.807) is 11.8 Å². The first-order valence-corrected chi connectivity index (χ1v) is 7.58. The SMILES string of the molecule is CNCc1c(Cl)cccc1Oc1ccc(SC)cc1. The standard InChI is InChI=1S/C15H16ClNOS/c1-17-10-13-14(16)4-3-5-15(13)18-11-6-8-12(19-2)9-7-11/h3-9,17H,10H2,1-2H3. The molecule has 1 N–H and O–H groups in total. The molecule has 2 nitrogen and oxygen atoms in total. The number of thioether (sulfide) groups is 1. The summed E-state index contributed by atoms with van der Waals surface area (Å²) in [7, 11) is 1.89. The molecule has 0 radical (unpaired) electrons. The van der Waals surface area contributed by atoms with Gasteiger partial charge in [-0.2, -0.15) is 0 Å². The van der Waals surface area contributed by atoms with Gasteiger partial charge in [0.1, 0.15) is 11.5 Å². The molecule has 0 aromatic heterocycles. The van der Waals surface area contributed by atoms with Crippen LogP contribution in [0, 0.1) is 0 Å². The van der Waals surface area contributed by atoms with Crippen molar-refractivity contribution < 1.29 is 4.74 Å². The predicted molar refractivity (Wildman–Crippen MR) is 82.5 cm³/mol. The van der Waals surface area contributed by atoms with E-state index >= 15 is 0 Å². The van der Waals surface area contributed by atoms with Crippen molar-refractivity contribution in [1.82, 2.24) is 5.32 Å². The second-order valence-electron chi connectivity index (χ2n) is 4.02. The Morgan fingerprint density at radius 3 is 2.53 bits per heavy atom. The summed E-state index contributed by atoms with van der Waals surface area (Å²) in [6, 6.07) is 13.7. The van der Waals surface area contributed by atoms with Crippen molar-refractivity contribution in [2.45, 2.75) is 11.4 Å². The van der Waals surface area contributed by atoms with Crippen molar-refractivity contribution in [3.05, 3.63) is 53.1 Å². The van der Waals surface area contributed by atoms with Crippen LogP contribution in [-0.4, -0.2) is 13.3 Å². The third-order valence-corrected chi connectivity index (χ3v) is 3.81. The lowest BCUT2D eigenvalue weighted by molar-refractivity contribution is 0.474. The topological polar surface area (TPSA) is 21.3 Å². The molecule has 0 saturated carbocycles. The van der Waals surface area contributed by atoms with E-state index in [1.165, 1.54) is 4.90 Å². The molecule has 2 aromatic carbocycles. The van der Waals surface area contributed by atoms with Crippen molar-refractivity contribution >= 4 is 23.4 Å². The van der Waals surface area contributed by atoms with Crippen LogP contribution in [0.25, 0.3) is 0 Å². The van der Waals surface area contributed by atoms with Gasteiger partial charge >= 0.3 is 0 Å². The summed E-state index contributed by atoms with van der Waals surface area (Å²) in [5.74, 6) is 1.61. The number of hydrogen-bond acceptors (Lipinski definition) is 3. The fraction of sp³-hybridized carbons (Fsp3) is 0.200. The fourth-order valence-electron chi connectivity index (χ4n) is 1.75. The zero-order valence-corrected chi connectivity index (χ0v) is 12.5. The lowest BCUT2D eigenvalue weighted by Crippen LogP contribution is -2.07. The van der Waals surface area contributed by atoms with E-state index in [0.29, 0.717) is 11.6 Å². The van der Waals surface area contributed by atoms with E-state index in [4.69, 9.17) is 16.3 Å². The number of ether oxygens (including phenoxy) is 1. The minimum absolute atomic E-state index is 0.678. The van der Waals surface area contributed by atoms with Crippen molar-refractivity contribution in [3.8, 4) is 11.5 Å². The molecule has 100 valence electrons. The third kappa shape index (κ3) is 3.66. The highest BCUT2D eigenvalue weighted by Crippen LogP contribution is 2.31. The smallest absolute Gasteiger partial charge is 0.133 e. The van der Waals surface area contributed by atoms with Crippen LogP contribution in [-0.2, 0) is 6.54 Å². The highest BCUT2D eigenvalue weighted by molar-refractivity contribution is 7.98. The lowest BCUT2D eigenvalue weighted by atomic mass is 10.2. The Hall–Kier alpha value is -1.16. The Bertz CT molecular complexity index is 542. The van der Waals surface area contributed by atoms with Gasteiger partial charge in [-0.15, -0.1) is 11.8 Å². The normalized spacial score (nSPS) is 10.5. The number of rotatable bonds is 5. The first-order chi connectivity index (χ1) is 9.24. The summed E-state index contributed by atoms with van der Waals surface area (Å²) in [6.45, 7) is 0.678. The largest absolute Gasteiger partial charge is 0.457 e. The average Bonchev–Trinajstić information content (AvgIpc) is 2.43. The van der Waals surface area contributed by atoms with Gasteiger partial charge < -0.3 is 10.1 Å². The van der Waals surface area contributed by atoms with Crippen molar-refractivity contribution in [2.24, 2.45) is 0 Å². The lowest BCUT2D eigenvalue weighted by Gasteiger charge is -2.12. The molecule has 0 saturated heterocycles. The van der Waals surface area contributed by atoms with E-state index in [-0.39, 0.29) is 0 Å². The Labute approximate surface area is 123 Å². The highest BCUT2D eigenvalue weighted by atomic mass is 35.5. The Kier molecular flexibility index (Phi) is 5.14. The molecule has 2 rings (SSSR count). The molecule has 0 spiro atoms. The molecule has 0 aliphatic carbocycles. The molecule has 2 aromatic rings. The van der Waals surface area contributed by atoms with E-state index in [9.17, 15) is 0 Å². The Balaban J connectivity index is 2.24. The molecule has 0 bridgehead atoms. The fourth-order valence-corrected chi connectivity index (χ4v) is 2.39. The maximum Gasteiger partial charge on any atom is 0.133 e. The second kappa shape index (κ2) is 6.85. The third-order valence-electron chi connectivity index (χ3n) is 2.72. The minimum Gasteiger partial charge on any atom is -0.457 e. The zero-order valence-electron chi connectivity index (χ0n) is 10.9. The molecule has 19 heavy (non-hydrogen) atoms. The van der Waals surface area contributed by atoms with Crippen LogP contribution < -0.4 is 10.1 Å². The van der Waals surface area contributed by atoms with Crippen molar-refractivity contribution in [1.29, 1.82) is 0 Å². The van der Waals surface area contributed by atoms with Gasteiger partial charge in [0.15, 0.2) is 0 Å². The maximum absolute atomic E-state index is 6.20. The van der Waals surface area contributed by atoms with Crippen molar-refractivity contribution in [3.63, 3.8) is 0 Å². The molecular formula is C15H16ClNOS. The number of nitrogens with one attached hydrogen (secondary N) is 1. The van der Waals surface area contributed by atoms with Gasteiger partial charge in [-0.1, -0.05) is 17.7 Å². The molecule has 0 heterocycles. The first kappa shape index (κ1) is 14.3. The second-order valence-corrected chi connectivity index (χ2v) is 5.31. The van der Waals surface area contributed by atoms with Gasteiger partial charge in [0.2, 0.25) is 0 Å². The van der Waals surface area contributed by atoms with Gasteiger partial charge in [0.05, 0.1) is 0 Å². The van der Waals surface area contributed by atoms with Crippen LogP contribution in [0.1, 0.15) is 5.56 Å². The predicted octanol–water partition coefficient (Wildman–Crippen LogP) is 4.57. The monoisotopic (exact) mass is 293 g/mol. The molecule has 4 heteroatoms. The summed E-state index contributed by atoms with van der Waals surface area (Å²) in [4.78, 5) is 1.22. The average molecular weight is 294 g/mol. The minimum atomic E-state index is 0.678. The maximum atomic E-state index is 6.20. The summed E-state index contributed by atoms with van der Waals surface area (Å²) in [6.07, 6.45) is 2.05. The van der Waals surface area contributed by atoms with E-state index in [1.807, 2.05) is 49.5 Å². The number of hydrogen-bond donors (Lipinski definition) is 1. The van der Waals surface area contributed by atoms with Gasteiger partial charge in [0, 0.05) is 22.0 Å². The van der Waals surface area contributed by atoms with E-state index in [0.717, 1.165) is 17.1 Å². The highest BCUT2D eigenvalue weighted by Gasteiger charge is 2.08. The quantitative estimate of drug-likeness (QED) is 0.816. The van der Waals surface area contributed by atoms with E-state index in [2.05, 4.69) is 11.6 Å². The van der Waals surface area contributed by atoms with Gasteiger partial charge in [-0.3, -0.25) is 0 Å². The number of benzene rings is 2.